The Labute approximate surface area is 150 Å². The van der Waals surface area contributed by atoms with E-state index in [0.717, 1.165) is 25.0 Å². The number of carbonyl (C=O) groups is 1. The predicted molar refractivity (Wildman–Crippen MR) is 94.6 cm³/mol. The molecule has 0 spiro atoms. The number of guanidine groups is 1. The number of hydrogen-bond donors (Lipinski definition) is 3. The molecule has 23 heavy (non-hydrogen) atoms. The lowest BCUT2D eigenvalue weighted by Gasteiger charge is -2.12. The second kappa shape index (κ2) is 11.1. The van der Waals surface area contributed by atoms with Gasteiger partial charge in [-0.3, -0.25) is 9.79 Å². The van der Waals surface area contributed by atoms with Crippen molar-refractivity contribution in [2.75, 3.05) is 25.5 Å². The van der Waals surface area contributed by atoms with Crippen LogP contribution in [0, 0.1) is 17.5 Å². The van der Waals surface area contributed by atoms with Crippen LogP contribution in [0.2, 0.25) is 0 Å². The zero-order chi connectivity index (χ0) is 16.5. The van der Waals surface area contributed by atoms with Gasteiger partial charge in [-0.2, -0.15) is 0 Å². The van der Waals surface area contributed by atoms with Gasteiger partial charge in [0.2, 0.25) is 5.91 Å². The fourth-order valence-electron chi connectivity index (χ4n) is 1.59. The smallest absolute Gasteiger partial charge is 0.243 e. The lowest BCUT2D eigenvalue weighted by atomic mass is 10.2. The Morgan fingerprint density at radius 1 is 1.17 bits per heavy atom. The average Bonchev–Trinajstić information content (AvgIpc) is 2.51. The van der Waals surface area contributed by atoms with E-state index in [2.05, 4.69) is 20.9 Å². The molecule has 1 amide bonds. The largest absolute Gasteiger partial charge is 0.356 e. The number of nitrogens with one attached hydrogen (secondary N) is 3. The second-order valence-corrected chi connectivity index (χ2v) is 4.48. The van der Waals surface area contributed by atoms with Crippen LogP contribution in [-0.2, 0) is 4.79 Å². The normalized spacial score (nSPS) is 10.7. The lowest BCUT2D eigenvalue weighted by Crippen LogP contribution is -2.41. The van der Waals surface area contributed by atoms with Crippen molar-refractivity contribution in [2.45, 2.75) is 19.8 Å². The minimum atomic E-state index is -1.62. The van der Waals surface area contributed by atoms with Crippen molar-refractivity contribution in [3.05, 3.63) is 29.6 Å². The molecule has 9 heteroatoms. The molecule has 1 aromatic rings. The molecule has 0 unspecified atom stereocenters. The van der Waals surface area contributed by atoms with Gasteiger partial charge in [-0.15, -0.1) is 24.0 Å². The molecular weight excluding hydrogens is 424 g/mol. The molecule has 0 aliphatic rings. The van der Waals surface area contributed by atoms with Gasteiger partial charge in [0.05, 0.1) is 12.2 Å². The Hall–Kier alpha value is -1.52. The molecule has 3 N–H and O–H groups in total. The Balaban J connectivity index is 0.00000484. The summed E-state index contributed by atoms with van der Waals surface area (Å²) in [7, 11) is 1.55. The summed E-state index contributed by atoms with van der Waals surface area (Å²) in [5, 5.41) is 7.88. The average molecular weight is 444 g/mol. The van der Waals surface area contributed by atoms with Gasteiger partial charge in [0, 0.05) is 13.6 Å². The van der Waals surface area contributed by atoms with Crippen molar-refractivity contribution < 1.29 is 18.0 Å². The van der Waals surface area contributed by atoms with E-state index in [1.807, 2.05) is 6.92 Å². The maximum Gasteiger partial charge on any atom is 0.243 e. The topological polar surface area (TPSA) is 65.5 Å². The third kappa shape index (κ3) is 7.06. The second-order valence-electron chi connectivity index (χ2n) is 4.48. The SMILES string of the molecule is CCCCNC(=NC)NCC(=O)Nc1ccc(F)c(F)c1F.I. The van der Waals surface area contributed by atoms with Crippen LogP contribution in [-0.4, -0.2) is 32.0 Å². The van der Waals surface area contributed by atoms with Crippen LogP contribution in [0.5, 0.6) is 0 Å². The van der Waals surface area contributed by atoms with Crippen molar-refractivity contribution >= 4 is 41.5 Å². The van der Waals surface area contributed by atoms with Gasteiger partial charge in [0.25, 0.3) is 0 Å². The van der Waals surface area contributed by atoms with Crippen LogP contribution in [0.25, 0.3) is 0 Å². The molecule has 0 aromatic heterocycles. The van der Waals surface area contributed by atoms with E-state index in [0.29, 0.717) is 12.5 Å². The Morgan fingerprint density at radius 2 is 1.87 bits per heavy atom. The van der Waals surface area contributed by atoms with Crippen LogP contribution in [0.3, 0.4) is 0 Å². The number of anilines is 1. The van der Waals surface area contributed by atoms with Gasteiger partial charge in [0.15, 0.2) is 23.4 Å². The quantitative estimate of drug-likeness (QED) is 0.208. The Bertz CT molecular complexity index is 555. The summed E-state index contributed by atoms with van der Waals surface area (Å²) in [5.74, 6) is -4.55. The maximum atomic E-state index is 13.4. The fraction of sp³-hybridized carbons (Fsp3) is 0.429. The van der Waals surface area contributed by atoms with Gasteiger partial charge in [-0.25, -0.2) is 13.2 Å². The number of carbonyl (C=O) groups excluding carboxylic acids is 1. The van der Waals surface area contributed by atoms with Gasteiger partial charge in [-0.05, 0) is 18.6 Å². The van der Waals surface area contributed by atoms with Crippen LogP contribution in [0.15, 0.2) is 17.1 Å². The summed E-state index contributed by atoms with van der Waals surface area (Å²) in [6.45, 7) is 2.56. The highest BCUT2D eigenvalue weighted by molar-refractivity contribution is 14.0. The van der Waals surface area contributed by atoms with Crippen molar-refractivity contribution in [2.24, 2.45) is 4.99 Å². The molecule has 0 saturated carbocycles. The van der Waals surface area contributed by atoms with E-state index in [1.54, 1.807) is 7.05 Å². The van der Waals surface area contributed by atoms with E-state index < -0.39 is 29.0 Å². The van der Waals surface area contributed by atoms with Gasteiger partial charge < -0.3 is 16.0 Å². The number of hydrogen-bond acceptors (Lipinski definition) is 2. The summed E-state index contributed by atoms with van der Waals surface area (Å²) in [6, 6.07) is 1.70. The minimum absolute atomic E-state index is 0. The van der Waals surface area contributed by atoms with E-state index >= 15 is 0 Å². The first-order valence-corrected chi connectivity index (χ1v) is 6.87. The van der Waals surface area contributed by atoms with E-state index in [1.165, 1.54) is 0 Å². The van der Waals surface area contributed by atoms with Crippen molar-refractivity contribution in [3.63, 3.8) is 0 Å². The molecule has 0 fully saturated rings. The molecule has 0 heterocycles. The zero-order valence-corrected chi connectivity index (χ0v) is 15.2. The number of unbranched alkanes of at least 4 members (excludes halogenated alkanes) is 1. The maximum absolute atomic E-state index is 13.4. The summed E-state index contributed by atoms with van der Waals surface area (Å²) < 4.78 is 39.2. The highest BCUT2D eigenvalue weighted by Crippen LogP contribution is 2.19. The highest BCUT2D eigenvalue weighted by atomic mass is 127. The molecule has 1 aromatic carbocycles. The Kier molecular flexibility index (Phi) is 10.4. The number of benzene rings is 1. The third-order valence-corrected chi connectivity index (χ3v) is 2.77. The van der Waals surface area contributed by atoms with Crippen molar-refractivity contribution in [1.29, 1.82) is 0 Å². The number of amides is 1. The number of aliphatic imine (C=N–C) groups is 1. The van der Waals surface area contributed by atoms with E-state index in [9.17, 15) is 18.0 Å². The van der Waals surface area contributed by atoms with Crippen LogP contribution in [0.1, 0.15) is 19.8 Å². The molecule has 130 valence electrons. The summed E-state index contributed by atoms with van der Waals surface area (Å²) >= 11 is 0. The fourth-order valence-corrected chi connectivity index (χ4v) is 1.59. The van der Waals surface area contributed by atoms with E-state index in [4.69, 9.17) is 0 Å². The zero-order valence-electron chi connectivity index (χ0n) is 12.9. The molecule has 0 aliphatic heterocycles. The summed E-state index contributed by atoms with van der Waals surface area (Å²) in [5.41, 5.74) is -0.417. The molecular formula is C14H20F3IN4O. The molecule has 0 bridgehead atoms. The van der Waals surface area contributed by atoms with Gasteiger partial charge in [-0.1, -0.05) is 13.3 Å². The molecule has 1 rings (SSSR count). The van der Waals surface area contributed by atoms with Crippen molar-refractivity contribution in [3.8, 4) is 0 Å². The molecule has 0 atom stereocenters. The summed E-state index contributed by atoms with van der Waals surface area (Å²) in [6.07, 6.45) is 1.97. The first-order valence-electron chi connectivity index (χ1n) is 6.87. The van der Waals surface area contributed by atoms with E-state index in [-0.39, 0.29) is 30.5 Å². The molecule has 5 nitrogen and oxygen atoms in total. The number of nitrogens with zero attached hydrogens (tertiary/aromatic N) is 1. The van der Waals surface area contributed by atoms with Crippen LogP contribution >= 0.6 is 24.0 Å². The Morgan fingerprint density at radius 3 is 2.48 bits per heavy atom. The third-order valence-electron chi connectivity index (χ3n) is 2.77. The van der Waals surface area contributed by atoms with Crippen molar-refractivity contribution in [1.82, 2.24) is 10.6 Å². The monoisotopic (exact) mass is 444 g/mol. The van der Waals surface area contributed by atoms with Gasteiger partial charge in [0.1, 0.15) is 0 Å². The lowest BCUT2D eigenvalue weighted by molar-refractivity contribution is -0.115. The number of rotatable bonds is 6. The molecule has 0 aliphatic carbocycles. The standard InChI is InChI=1S/C14H19F3N4O.HI/c1-3-4-7-19-14(18-2)20-8-11(22)21-10-6-5-9(15)12(16)13(10)17;/h5-6H,3-4,7-8H2,1-2H3,(H,21,22)(H2,18,19,20);1H. The molecule has 0 saturated heterocycles. The predicted octanol–water partition coefficient (Wildman–Crippen LogP) is 2.63. The van der Waals surface area contributed by atoms with Crippen LogP contribution < -0.4 is 16.0 Å². The van der Waals surface area contributed by atoms with Gasteiger partial charge >= 0.3 is 0 Å². The van der Waals surface area contributed by atoms with Crippen LogP contribution in [0.4, 0.5) is 18.9 Å². The minimum Gasteiger partial charge on any atom is -0.356 e. The highest BCUT2D eigenvalue weighted by Gasteiger charge is 2.15. The number of halogens is 4. The first-order chi connectivity index (χ1) is 10.5. The summed E-state index contributed by atoms with van der Waals surface area (Å²) in [4.78, 5) is 15.6. The molecule has 0 radical (unpaired) electrons. The first kappa shape index (κ1) is 21.5.